The smallest absolute Gasteiger partial charge is 0.337 e. The van der Waals surface area contributed by atoms with E-state index in [1.165, 1.54) is 12.1 Å². The molecule has 0 aliphatic rings. The Bertz CT molecular complexity index is 720. The van der Waals surface area contributed by atoms with Crippen molar-refractivity contribution < 1.29 is 24.0 Å². The zero-order chi connectivity index (χ0) is 15.6. The van der Waals surface area contributed by atoms with E-state index in [9.17, 15) is 19.3 Å². The highest BCUT2D eigenvalue weighted by Crippen LogP contribution is 2.34. The van der Waals surface area contributed by atoms with Crippen LogP contribution in [0.2, 0.25) is 0 Å². The lowest BCUT2D eigenvalue weighted by Crippen LogP contribution is -1.99. The number of hydrogen-bond donors (Lipinski definition) is 1. The summed E-state index contributed by atoms with van der Waals surface area (Å²) in [6, 6.07) is 4.24. The molecule has 0 atom stereocenters. The van der Waals surface area contributed by atoms with Crippen LogP contribution in [0.3, 0.4) is 0 Å². The minimum absolute atomic E-state index is 0.0705. The van der Waals surface area contributed by atoms with Crippen LogP contribution in [0.4, 0.5) is 10.1 Å². The van der Waals surface area contributed by atoms with Crippen LogP contribution in [0.15, 0.2) is 34.9 Å². The van der Waals surface area contributed by atoms with Crippen LogP contribution in [-0.2, 0) is 0 Å². The van der Waals surface area contributed by atoms with Crippen molar-refractivity contribution in [3.05, 3.63) is 56.4 Å². The van der Waals surface area contributed by atoms with Gasteiger partial charge in [0.2, 0.25) is 11.6 Å². The Kier molecular flexibility index (Phi) is 4.13. The van der Waals surface area contributed by atoms with Crippen molar-refractivity contribution in [3.8, 4) is 11.6 Å². The van der Waals surface area contributed by atoms with Gasteiger partial charge < -0.3 is 9.84 Å². The van der Waals surface area contributed by atoms with Crippen LogP contribution < -0.4 is 4.74 Å². The number of ether oxygens (including phenoxy) is 1. The third kappa shape index (κ3) is 3.31. The van der Waals surface area contributed by atoms with Gasteiger partial charge in [0.05, 0.1) is 15.0 Å². The molecular formula is C12H6BrFN2O5. The lowest BCUT2D eigenvalue weighted by Gasteiger charge is -2.06. The molecule has 9 heteroatoms. The summed E-state index contributed by atoms with van der Waals surface area (Å²) in [5, 5.41) is 19.6. The Morgan fingerprint density at radius 2 is 2.14 bits per heavy atom. The Labute approximate surface area is 125 Å². The highest BCUT2D eigenvalue weighted by Gasteiger charge is 2.20. The molecule has 7 nitrogen and oxygen atoms in total. The minimum Gasteiger partial charge on any atom is -0.478 e. The van der Waals surface area contributed by atoms with Gasteiger partial charge in [0, 0.05) is 24.4 Å². The van der Waals surface area contributed by atoms with Gasteiger partial charge in [-0.3, -0.25) is 10.1 Å². The standard InChI is InChI=1S/C12H6BrFN2O5/c13-7-3-9(16(19)20)10(4-8(7)14)21-11-2-1-6(5-15-11)12(17)18/h1-5H,(H,17,18). The summed E-state index contributed by atoms with van der Waals surface area (Å²) in [6.07, 6.45) is 1.03. The average Bonchev–Trinajstić information content (AvgIpc) is 2.43. The molecule has 0 fully saturated rings. The second-order valence-corrected chi connectivity index (χ2v) is 4.64. The predicted molar refractivity (Wildman–Crippen MR) is 72.0 cm³/mol. The van der Waals surface area contributed by atoms with E-state index in [0.717, 1.165) is 18.3 Å². The Balaban J connectivity index is 2.36. The normalized spacial score (nSPS) is 10.2. The number of halogens is 2. The quantitative estimate of drug-likeness (QED) is 0.665. The lowest BCUT2D eigenvalue weighted by atomic mass is 10.3. The number of aromatic carboxylic acids is 1. The summed E-state index contributed by atoms with van der Waals surface area (Å²) in [5.41, 5.74) is -0.522. The molecule has 108 valence electrons. The fraction of sp³-hybridized carbons (Fsp3) is 0. The van der Waals surface area contributed by atoms with Crippen LogP contribution >= 0.6 is 15.9 Å². The first kappa shape index (κ1) is 14.9. The van der Waals surface area contributed by atoms with E-state index in [-0.39, 0.29) is 21.7 Å². The van der Waals surface area contributed by atoms with E-state index in [2.05, 4.69) is 20.9 Å². The van der Waals surface area contributed by atoms with E-state index >= 15 is 0 Å². The molecule has 1 aromatic heterocycles. The number of carboxylic acids is 1. The van der Waals surface area contributed by atoms with E-state index in [1.807, 2.05) is 0 Å². The fourth-order valence-electron chi connectivity index (χ4n) is 1.42. The Morgan fingerprint density at radius 1 is 1.43 bits per heavy atom. The van der Waals surface area contributed by atoms with Crippen LogP contribution in [0.1, 0.15) is 10.4 Å². The largest absolute Gasteiger partial charge is 0.478 e. The summed E-state index contributed by atoms with van der Waals surface area (Å²) in [4.78, 5) is 24.5. The van der Waals surface area contributed by atoms with Gasteiger partial charge in [-0.2, -0.15) is 0 Å². The van der Waals surface area contributed by atoms with Gasteiger partial charge in [0.15, 0.2) is 0 Å². The summed E-state index contributed by atoms with van der Waals surface area (Å²) in [6.45, 7) is 0. The monoisotopic (exact) mass is 356 g/mol. The highest BCUT2D eigenvalue weighted by molar-refractivity contribution is 9.10. The Hall–Kier alpha value is -2.55. The first-order valence-electron chi connectivity index (χ1n) is 5.39. The number of nitrogens with zero attached hydrogens (tertiary/aromatic N) is 2. The van der Waals surface area contributed by atoms with Crippen molar-refractivity contribution in [1.82, 2.24) is 4.98 Å². The molecule has 0 bridgehead atoms. The SMILES string of the molecule is O=C(O)c1ccc(Oc2cc(F)c(Br)cc2[N+](=O)[O-])nc1. The molecule has 0 unspecified atom stereocenters. The van der Waals surface area contributed by atoms with Crippen molar-refractivity contribution in [2.45, 2.75) is 0 Å². The third-order valence-electron chi connectivity index (χ3n) is 2.40. The Morgan fingerprint density at radius 3 is 2.67 bits per heavy atom. The number of pyridine rings is 1. The fourth-order valence-corrected chi connectivity index (χ4v) is 1.75. The van der Waals surface area contributed by atoms with Crippen LogP contribution in [0.25, 0.3) is 0 Å². The number of aromatic nitrogens is 1. The number of benzene rings is 1. The van der Waals surface area contributed by atoms with E-state index in [1.54, 1.807) is 0 Å². The minimum atomic E-state index is -1.17. The number of carboxylic acid groups (broad SMARTS) is 1. The van der Waals surface area contributed by atoms with Gasteiger partial charge in [-0.15, -0.1) is 0 Å². The van der Waals surface area contributed by atoms with Crippen molar-refractivity contribution in [3.63, 3.8) is 0 Å². The van der Waals surface area contributed by atoms with Crippen LogP contribution in [0.5, 0.6) is 11.6 Å². The molecule has 1 heterocycles. The molecule has 2 rings (SSSR count). The number of carbonyl (C=O) groups is 1. The first-order valence-corrected chi connectivity index (χ1v) is 6.18. The maximum atomic E-state index is 13.4. The van der Waals surface area contributed by atoms with Gasteiger partial charge in [-0.25, -0.2) is 14.2 Å². The molecular weight excluding hydrogens is 351 g/mol. The topological polar surface area (TPSA) is 103 Å². The molecule has 0 aliphatic carbocycles. The number of nitro groups is 1. The molecule has 0 saturated carbocycles. The average molecular weight is 357 g/mol. The van der Waals surface area contributed by atoms with Crippen molar-refractivity contribution in [2.75, 3.05) is 0 Å². The van der Waals surface area contributed by atoms with Crippen LogP contribution in [0, 0.1) is 15.9 Å². The first-order chi connectivity index (χ1) is 9.88. The van der Waals surface area contributed by atoms with Gasteiger partial charge in [0.25, 0.3) is 0 Å². The van der Waals surface area contributed by atoms with Gasteiger partial charge in [-0.05, 0) is 22.0 Å². The predicted octanol–water partition coefficient (Wildman–Crippen LogP) is 3.38. The summed E-state index contributed by atoms with van der Waals surface area (Å²) in [7, 11) is 0. The van der Waals surface area contributed by atoms with Gasteiger partial charge in [0.1, 0.15) is 5.82 Å². The van der Waals surface area contributed by atoms with Crippen molar-refractivity contribution >= 4 is 27.6 Å². The molecule has 0 spiro atoms. The second kappa shape index (κ2) is 5.83. The van der Waals surface area contributed by atoms with E-state index in [4.69, 9.17) is 9.84 Å². The summed E-state index contributed by atoms with van der Waals surface area (Å²) in [5.74, 6) is -2.34. The van der Waals surface area contributed by atoms with E-state index < -0.39 is 22.4 Å². The zero-order valence-electron chi connectivity index (χ0n) is 10.1. The molecule has 0 saturated heterocycles. The molecule has 0 aliphatic heterocycles. The maximum Gasteiger partial charge on any atom is 0.337 e. The number of rotatable bonds is 4. The van der Waals surface area contributed by atoms with Crippen molar-refractivity contribution in [1.29, 1.82) is 0 Å². The molecule has 1 N–H and O–H groups in total. The van der Waals surface area contributed by atoms with Crippen LogP contribution in [-0.4, -0.2) is 21.0 Å². The molecule has 0 radical (unpaired) electrons. The van der Waals surface area contributed by atoms with E-state index in [0.29, 0.717) is 0 Å². The maximum absolute atomic E-state index is 13.4. The molecule has 21 heavy (non-hydrogen) atoms. The number of nitro benzene ring substituents is 1. The summed E-state index contributed by atoms with van der Waals surface area (Å²) < 4.78 is 18.5. The zero-order valence-corrected chi connectivity index (χ0v) is 11.7. The molecule has 0 amide bonds. The third-order valence-corrected chi connectivity index (χ3v) is 3.00. The second-order valence-electron chi connectivity index (χ2n) is 3.78. The van der Waals surface area contributed by atoms with Gasteiger partial charge >= 0.3 is 11.7 Å². The number of hydrogen-bond acceptors (Lipinski definition) is 5. The highest BCUT2D eigenvalue weighted by atomic mass is 79.9. The van der Waals surface area contributed by atoms with Crippen molar-refractivity contribution in [2.24, 2.45) is 0 Å². The molecule has 1 aromatic carbocycles. The lowest BCUT2D eigenvalue weighted by molar-refractivity contribution is -0.385. The molecule has 2 aromatic rings. The van der Waals surface area contributed by atoms with Gasteiger partial charge in [-0.1, -0.05) is 0 Å². The summed E-state index contributed by atoms with van der Waals surface area (Å²) >= 11 is 2.84.